The summed E-state index contributed by atoms with van der Waals surface area (Å²) in [6, 6.07) is 15.2. The first-order valence-electron chi connectivity index (χ1n) is 8.11. The Labute approximate surface area is 140 Å². The highest BCUT2D eigenvalue weighted by Crippen LogP contribution is 2.43. The van der Waals surface area contributed by atoms with E-state index in [-0.39, 0.29) is 11.8 Å². The normalized spacial score (nSPS) is 22.4. The van der Waals surface area contributed by atoms with Gasteiger partial charge in [0.15, 0.2) is 0 Å². The summed E-state index contributed by atoms with van der Waals surface area (Å²) < 4.78 is 0. The molecule has 2 aliphatic rings. The smallest absolute Gasteiger partial charge is 0.276 e. The van der Waals surface area contributed by atoms with Gasteiger partial charge in [-0.15, -0.1) is 0 Å². The standard InChI is InChI=1S/C19H19N3O2/c1-13-7-9-14(10-8-13)20-22-18(24)15-5-3-4-6-16(15)21-17(23)11-12-19(21,22)2/h3-10,20H,11-12H2,1-2H3. The number of fused-ring (bicyclic) bond motifs is 3. The fourth-order valence-corrected chi connectivity index (χ4v) is 3.56. The molecule has 0 aromatic heterocycles. The summed E-state index contributed by atoms with van der Waals surface area (Å²) in [7, 11) is 0. The number of hydrogen-bond acceptors (Lipinski definition) is 3. The van der Waals surface area contributed by atoms with E-state index in [0.29, 0.717) is 24.1 Å². The van der Waals surface area contributed by atoms with Gasteiger partial charge in [-0.1, -0.05) is 29.8 Å². The molecule has 1 fully saturated rings. The SMILES string of the molecule is Cc1ccc(NN2C(=O)c3ccccc3N3C(=O)CCC23C)cc1. The summed E-state index contributed by atoms with van der Waals surface area (Å²) in [6.45, 7) is 3.96. The van der Waals surface area contributed by atoms with Crippen molar-refractivity contribution in [3.05, 3.63) is 59.7 Å². The second-order valence-electron chi connectivity index (χ2n) is 6.58. The molecule has 0 radical (unpaired) electrons. The van der Waals surface area contributed by atoms with Crippen LogP contribution in [-0.4, -0.2) is 22.5 Å². The highest BCUT2D eigenvalue weighted by molar-refractivity contribution is 6.10. The molecule has 0 saturated carbocycles. The number of para-hydroxylation sites is 1. The molecule has 5 nitrogen and oxygen atoms in total. The Bertz CT molecular complexity index is 831. The molecular weight excluding hydrogens is 302 g/mol. The number of hydrazine groups is 1. The predicted octanol–water partition coefficient (Wildman–Crippen LogP) is 3.32. The van der Waals surface area contributed by atoms with Gasteiger partial charge >= 0.3 is 0 Å². The predicted molar refractivity (Wildman–Crippen MR) is 92.5 cm³/mol. The monoisotopic (exact) mass is 321 g/mol. The van der Waals surface area contributed by atoms with Gasteiger partial charge in [0.2, 0.25) is 5.91 Å². The quantitative estimate of drug-likeness (QED) is 0.923. The molecule has 1 atom stereocenters. The molecule has 0 aliphatic carbocycles. The second kappa shape index (κ2) is 5.09. The zero-order valence-corrected chi connectivity index (χ0v) is 13.7. The Balaban J connectivity index is 1.80. The number of amides is 2. The van der Waals surface area contributed by atoms with Crippen molar-refractivity contribution in [3.63, 3.8) is 0 Å². The lowest BCUT2D eigenvalue weighted by atomic mass is 10.0. The maximum absolute atomic E-state index is 13.1. The van der Waals surface area contributed by atoms with Crippen molar-refractivity contribution in [2.45, 2.75) is 32.4 Å². The van der Waals surface area contributed by atoms with Crippen molar-refractivity contribution in [3.8, 4) is 0 Å². The van der Waals surface area contributed by atoms with Crippen molar-refractivity contribution in [1.29, 1.82) is 0 Å². The Kier molecular flexibility index (Phi) is 3.13. The third-order valence-corrected chi connectivity index (χ3v) is 4.90. The Morgan fingerprint density at radius 2 is 1.75 bits per heavy atom. The summed E-state index contributed by atoms with van der Waals surface area (Å²) in [5.41, 5.74) is 5.75. The van der Waals surface area contributed by atoms with Crippen molar-refractivity contribution >= 4 is 23.2 Å². The number of nitrogens with one attached hydrogen (secondary N) is 1. The van der Waals surface area contributed by atoms with Gasteiger partial charge in [-0.25, -0.2) is 5.01 Å². The minimum absolute atomic E-state index is 0.0492. The van der Waals surface area contributed by atoms with Crippen LogP contribution in [0.2, 0.25) is 0 Å². The van der Waals surface area contributed by atoms with E-state index in [4.69, 9.17) is 0 Å². The van der Waals surface area contributed by atoms with Crippen LogP contribution in [0, 0.1) is 6.92 Å². The minimum Gasteiger partial charge on any atom is -0.294 e. The van der Waals surface area contributed by atoms with E-state index in [9.17, 15) is 9.59 Å². The molecule has 2 aromatic rings. The average molecular weight is 321 g/mol. The zero-order valence-electron chi connectivity index (χ0n) is 13.7. The molecule has 0 spiro atoms. The van der Waals surface area contributed by atoms with Crippen molar-refractivity contribution < 1.29 is 9.59 Å². The molecule has 122 valence electrons. The van der Waals surface area contributed by atoms with Crippen LogP contribution < -0.4 is 10.3 Å². The maximum atomic E-state index is 13.1. The second-order valence-corrected chi connectivity index (χ2v) is 6.58. The minimum atomic E-state index is -0.701. The van der Waals surface area contributed by atoms with Crippen LogP contribution in [0.15, 0.2) is 48.5 Å². The molecule has 2 aromatic carbocycles. The molecule has 5 heteroatoms. The summed E-state index contributed by atoms with van der Waals surface area (Å²) in [4.78, 5) is 27.3. The van der Waals surface area contributed by atoms with Gasteiger partial charge in [0.05, 0.1) is 16.9 Å². The van der Waals surface area contributed by atoms with Gasteiger partial charge in [0, 0.05) is 12.8 Å². The number of hydrogen-bond donors (Lipinski definition) is 1. The first-order chi connectivity index (χ1) is 11.5. The highest BCUT2D eigenvalue weighted by Gasteiger charge is 2.53. The number of rotatable bonds is 2. The molecule has 2 aliphatic heterocycles. The van der Waals surface area contributed by atoms with Crippen LogP contribution in [0.25, 0.3) is 0 Å². The summed E-state index contributed by atoms with van der Waals surface area (Å²) >= 11 is 0. The summed E-state index contributed by atoms with van der Waals surface area (Å²) in [6.07, 6.45) is 1.04. The van der Waals surface area contributed by atoms with E-state index < -0.39 is 5.66 Å². The van der Waals surface area contributed by atoms with Crippen LogP contribution >= 0.6 is 0 Å². The van der Waals surface area contributed by atoms with Crippen LogP contribution in [0.1, 0.15) is 35.7 Å². The molecule has 4 rings (SSSR count). The third-order valence-electron chi connectivity index (χ3n) is 4.90. The third kappa shape index (κ3) is 2.01. The Morgan fingerprint density at radius 1 is 1.04 bits per heavy atom. The number of aryl methyl sites for hydroxylation is 1. The van der Waals surface area contributed by atoms with E-state index in [2.05, 4.69) is 5.43 Å². The number of benzene rings is 2. The van der Waals surface area contributed by atoms with E-state index in [1.54, 1.807) is 16.0 Å². The van der Waals surface area contributed by atoms with E-state index >= 15 is 0 Å². The molecule has 0 bridgehead atoms. The van der Waals surface area contributed by atoms with Gasteiger partial charge in [-0.05, 0) is 38.1 Å². The molecule has 1 N–H and O–H groups in total. The fourth-order valence-electron chi connectivity index (χ4n) is 3.56. The van der Waals surface area contributed by atoms with Crippen LogP contribution in [0.3, 0.4) is 0 Å². The molecule has 1 unspecified atom stereocenters. The number of nitrogens with zero attached hydrogens (tertiary/aromatic N) is 2. The van der Waals surface area contributed by atoms with Crippen molar-refractivity contribution in [2.75, 3.05) is 10.3 Å². The van der Waals surface area contributed by atoms with E-state index in [0.717, 1.165) is 11.3 Å². The fraction of sp³-hybridized carbons (Fsp3) is 0.263. The van der Waals surface area contributed by atoms with Gasteiger partial charge in [-0.3, -0.25) is 19.9 Å². The summed E-state index contributed by atoms with van der Waals surface area (Å²) in [5.74, 6) is -0.0622. The van der Waals surface area contributed by atoms with Gasteiger partial charge in [-0.2, -0.15) is 0 Å². The number of anilines is 2. The lowest BCUT2D eigenvalue weighted by Crippen LogP contribution is -2.64. The lowest BCUT2D eigenvalue weighted by Gasteiger charge is -2.48. The maximum Gasteiger partial charge on any atom is 0.276 e. The molecule has 24 heavy (non-hydrogen) atoms. The van der Waals surface area contributed by atoms with Crippen LogP contribution in [-0.2, 0) is 4.79 Å². The number of carbonyl (C=O) groups excluding carboxylic acids is 2. The topological polar surface area (TPSA) is 52.7 Å². The first-order valence-corrected chi connectivity index (χ1v) is 8.11. The lowest BCUT2D eigenvalue weighted by molar-refractivity contribution is -0.117. The largest absolute Gasteiger partial charge is 0.294 e. The van der Waals surface area contributed by atoms with E-state index in [1.165, 1.54) is 0 Å². The number of carbonyl (C=O) groups is 2. The van der Waals surface area contributed by atoms with Crippen LogP contribution in [0.5, 0.6) is 0 Å². The Morgan fingerprint density at radius 3 is 2.50 bits per heavy atom. The molecule has 1 saturated heterocycles. The Hall–Kier alpha value is -2.82. The van der Waals surface area contributed by atoms with Crippen molar-refractivity contribution in [2.24, 2.45) is 0 Å². The van der Waals surface area contributed by atoms with Crippen LogP contribution in [0.4, 0.5) is 11.4 Å². The van der Waals surface area contributed by atoms with E-state index in [1.807, 2.05) is 56.3 Å². The molecule has 2 heterocycles. The highest BCUT2D eigenvalue weighted by atomic mass is 16.2. The summed E-state index contributed by atoms with van der Waals surface area (Å²) in [5, 5.41) is 1.60. The first kappa shape index (κ1) is 14.8. The zero-order chi connectivity index (χ0) is 16.9. The van der Waals surface area contributed by atoms with Gasteiger partial charge < -0.3 is 0 Å². The average Bonchev–Trinajstić information content (AvgIpc) is 2.89. The molecule has 2 amide bonds. The van der Waals surface area contributed by atoms with Gasteiger partial charge in [0.25, 0.3) is 5.91 Å². The molecular formula is C19H19N3O2. The van der Waals surface area contributed by atoms with Crippen molar-refractivity contribution in [1.82, 2.24) is 5.01 Å². The van der Waals surface area contributed by atoms with Gasteiger partial charge in [0.1, 0.15) is 5.66 Å².